The second-order valence-corrected chi connectivity index (χ2v) is 9.27. The molecule has 0 aliphatic rings. The van der Waals surface area contributed by atoms with Gasteiger partial charge in [0.05, 0.1) is 16.3 Å². The van der Waals surface area contributed by atoms with Crippen LogP contribution in [-0.4, -0.2) is 74.8 Å². The minimum absolute atomic E-state index is 0. The van der Waals surface area contributed by atoms with Gasteiger partial charge in [0.2, 0.25) is 0 Å². The second kappa shape index (κ2) is 9.21. The first kappa shape index (κ1) is 24.8. The van der Waals surface area contributed by atoms with Crippen molar-refractivity contribution in [3.63, 3.8) is 0 Å². The SMILES string of the molecule is O=S(=O)([O-])c1ccc2cc(N=Nc3c([O-])ccc4ccccc34)ccc2c1S(=O)(=O)O.[Ba+2]. The summed E-state index contributed by atoms with van der Waals surface area (Å²) in [7, 11) is -10.2. The molecule has 0 aromatic heterocycles. The van der Waals surface area contributed by atoms with Crippen molar-refractivity contribution in [2.75, 3.05) is 0 Å². The molecular formula is C20H12BaN2O7S2. The Morgan fingerprint density at radius 1 is 0.781 bits per heavy atom. The fraction of sp³-hybridized carbons (Fsp3) is 0. The molecule has 0 heterocycles. The summed E-state index contributed by atoms with van der Waals surface area (Å²) >= 11 is 0. The molecule has 0 saturated carbocycles. The largest absolute Gasteiger partial charge is 2.00 e. The van der Waals surface area contributed by atoms with Gasteiger partial charge in [-0.15, -0.1) is 0 Å². The first-order valence-corrected chi connectivity index (χ1v) is 11.5. The van der Waals surface area contributed by atoms with Gasteiger partial charge in [0.25, 0.3) is 10.1 Å². The van der Waals surface area contributed by atoms with E-state index in [1.165, 1.54) is 30.3 Å². The van der Waals surface area contributed by atoms with Crippen LogP contribution in [0.15, 0.2) is 86.7 Å². The van der Waals surface area contributed by atoms with Gasteiger partial charge in [-0.25, -0.2) is 8.42 Å². The Morgan fingerprint density at radius 3 is 2.16 bits per heavy atom. The van der Waals surface area contributed by atoms with Crippen LogP contribution in [-0.2, 0) is 20.2 Å². The van der Waals surface area contributed by atoms with Crippen LogP contribution in [0.1, 0.15) is 0 Å². The monoisotopic (exact) mass is 594 g/mol. The predicted octanol–water partition coefficient (Wildman–Crippen LogP) is 3.25. The van der Waals surface area contributed by atoms with E-state index in [1.807, 2.05) is 12.1 Å². The Morgan fingerprint density at radius 2 is 1.47 bits per heavy atom. The van der Waals surface area contributed by atoms with Crippen LogP contribution in [0.5, 0.6) is 5.75 Å². The molecule has 4 aromatic rings. The van der Waals surface area contributed by atoms with Crippen LogP contribution < -0.4 is 5.11 Å². The van der Waals surface area contributed by atoms with Crippen molar-refractivity contribution in [1.29, 1.82) is 0 Å². The van der Waals surface area contributed by atoms with Crippen molar-refractivity contribution in [3.05, 3.63) is 66.7 Å². The molecule has 9 nitrogen and oxygen atoms in total. The molecule has 4 rings (SSSR count). The number of fused-ring (bicyclic) bond motifs is 2. The molecule has 0 amide bonds. The third-order valence-corrected chi connectivity index (χ3v) is 6.54. The number of azo groups is 1. The third kappa shape index (κ3) is 4.90. The average molecular weight is 594 g/mol. The molecular weight excluding hydrogens is 582 g/mol. The van der Waals surface area contributed by atoms with Gasteiger partial charge in [-0.3, -0.25) is 4.55 Å². The fourth-order valence-electron chi connectivity index (χ4n) is 3.24. The van der Waals surface area contributed by atoms with Crippen molar-refractivity contribution >= 4 is 102 Å². The summed E-state index contributed by atoms with van der Waals surface area (Å²) in [5.74, 6) is -0.331. The second-order valence-electron chi connectivity index (χ2n) is 6.56. The predicted molar refractivity (Wildman–Crippen MR) is 115 cm³/mol. The van der Waals surface area contributed by atoms with Crippen molar-refractivity contribution in [3.8, 4) is 5.75 Å². The van der Waals surface area contributed by atoms with Gasteiger partial charge >= 0.3 is 48.9 Å². The zero-order valence-electron chi connectivity index (χ0n) is 16.2. The number of benzene rings is 4. The molecule has 0 spiro atoms. The summed E-state index contributed by atoms with van der Waals surface area (Å²) in [4.78, 5) is -2.05. The zero-order valence-corrected chi connectivity index (χ0v) is 22.2. The molecule has 12 heteroatoms. The molecule has 0 aliphatic carbocycles. The van der Waals surface area contributed by atoms with E-state index in [4.69, 9.17) is 0 Å². The summed E-state index contributed by atoms with van der Waals surface area (Å²) in [6.07, 6.45) is 0. The van der Waals surface area contributed by atoms with E-state index in [0.717, 1.165) is 11.5 Å². The summed E-state index contributed by atoms with van der Waals surface area (Å²) in [6, 6.07) is 16.1. The van der Waals surface area contributed by atoms with Crippen LogP contribution in [0.3, 0.4) is 0 Å². The third-order valence-electron chi connectivity index (χ3n) is 4.57. The molecule has 158 valence electrons. The molecule has 0 fully saturated rings. The summed E-state index contributed by atoms with van der Waals surface area (Å²) in [6.45, 7) is 0. The maximum atomic E-state index is 12.2. The minimum Gasteiger partial charge on any atom is -0.871 e. The smallest absolute Gasteiger partial charge is 0.871 e. The summed E-state index contributed by atoms with van der Waals surface area (Å²) in [5, 5.41) is 21.7. The van der Waals surface area contributed by atoms with E-state index < -0.39 is 30.0 Å². The summed E-state index contributed by atoms with van der Waals surface area (Å²) in [5.41, 5.74) is 0.364. The van der Waals surface area contributed by atoms with Gasteiger partial charge in [0, 0.05) is 10.8 Å². The van der Waals surface area contributed by atoms with Crippen molar-refractivity contribution in [1.82, 2.24) is 0 Å². The molecule has 0 aliphatic heterocycles. The van der Waals surface area contributed by atoms with Crippen LogP contribution in [0.2, 0.25) is 0 Å². The number of hydrogen-bond donors (Lipinski definition) is 1. The van der Waals surface area contributed by atoms with Crippen LogP contribution in [0, 0.1) is 0 Å². The van der Waals surface area contributed by atoms with Crippen LogP contribution in [0.25, 0.3) is 21.5 Å². The van der Waals surface area contributed by atoms with Gasteiger partial charge < -0.3 is 9.66 Å². The van der Waals surface area contributed by atoms with Gasteiger partial charge in [-0.2, -0.15) is 18.6 Å². The minimum atomic E-state index is -5.16. The van der Waals surface area contributed by atoms with Gasteiger partial charge in [0.1, 0.15) is 15.0 Å². The van der Waals surface area contributed by atoms with Crippen molar-refractivity contribution in [2.45, 2.75) is 9.79 Å². The van der Waals surface area contributed by atoms with Gasteiger partial charge in [0.15, 0.2) is 0 Å². The Kier molecular flexibility index (Phi) is 7.14. The van der Waals surface area contributed by atoms with Crippen LogP contribution >= 0.6 is 0 Å². The van der Waals surface area contributed by atoms with Crippen molar-refractivity contribution < 1.29 is 31.0 Å². The molecule has 0 saturated heterocycles. The fourth-order valence-corrected chi connectivity index (χ4v) is 5.22. The van der Waals surface area contributed by atoms with E-state index in [1.54, 1.807) is 18.2 Å². The maximum Gasteiger partial charge on any atom is 2.00 e. The molecule has 4 aromatic carbocycles. The van der Waals surface area contributed by atoms with E-state index in [0.29, 0.717) is 5.39 Å². The average Bonchev–Trinajstić information content (AvgIpc) is 2.70. The van der Waals surface area contributed by atoms with Gasteiger partial charge in [-0.05, 0) is 29.0 Å². The topological polar surface area (TPSA) is 159 Å². The Balaban J connectivity index is 0.00000289. The number of rotatable bonds is 4. The Hall–Kier alpha value is -1.81. The molecule has 0 unspecified atom stereocenters. The van der Waals surface area contributed by atoms with E-state index in [-0.39, 0.29) is 76.8 Å². The molecule has 0 bridgehead atoms. The van der Waals surface area contributed by atoms with E-state index in [9.17, 15) is 31.0 Å². The first-order valence-electron chi connectivity index (χ1n) is 8.66. The molecule has 32 heavy (non-hydrogen) atoms. The summed E-state index contributed by atoms with van der Waals surface area (Å²) < 4.78 is 67.2. The Labute approximate surface area is 223 Å². The molecule has 1 N–H and O–H groups in total. The van der Waals surface area contributed by atoms with Crippen LogP contribution in [0.4, 0.5) is 11.4 Å². The maximum absolute atomic E-state index is 12.2. The van der Waals surface area contributed by atoms with Gasteiger partial charge in [-0.1, -0.05) is 54.3 Å². The number of nitrogens with zero attached hydrogens (tertiary/aromatic N) is 2. The first-order chi connectivity index (χ1) is 14.6. The van der Waals surface area contributed by atoms with E-state index >= 15 is 0 Å². The molecule has 0 radical (unpaired) electrons. The Bertz CT molecular complexity index is 1600. The standard InChI is InChI=1S/C20H14N2O7S2.Ba/c23-17-9-5-12-3-1-2-4-15(12)19(17)22-21-14-7-8-16-13(11-14)6-10-18(30(24,25)26)20(16)31(27,28)29;/h1-11,23H,(H,24,25,26)(H,27,28,29);/q;+2/p-2. The van der Waals surface area contributed by atoms with E-state index in [2.05, 4.69) is 10.2 Å². The van der Waals surface area contributed by atoms with Crippen molar-refractivity contribution in [2.24, 2.45) is 10.2 Å². The zero-order chi connectivity index (χ0) is 22.4. The quantitative estimate of drug-likeness (QED) is 0.216. The molecule has 0 atom stereocenters. The normalized spacial score (nSPS) is 12.3. The number of hydrogen-bond acceptors (Lipinski definition) is 8.